The Balaban J connectivity index is 0.00000220. The van der Waals surface area contributed by atoms with E-state index in [0.717, 1.165) is 29.5 Å². The molecule has 0 heterocycles. The van der Waals surface area contributed by atoms with Gasteiger partial charge in [-0.2, -0.15) is 0 Å². The van der Waals surface area contributed by atoms with Crippen LogP contribution in [0.1, 0.15) is 19.3 Å². The highest BCUT2D eigenvalue weighted by atomic mass is 79.9. The van der Waals surface area contributed by atoms with Crippen molar-refractivity contribution in [2.45, 2.75) is 25.3 Å². The van der Waals surface area contributed by atoms with Gasteiger partial charge < -0.3 is 15.4 Å². The van der Waals surface area contributed by atoms with Crippen LogP contribution in [0.4, 0.5) is 0 Å². The molecule has 0 aliphatic heterocycles. The van der Waals surface area contributed by atoms with Crippen LogP contribution >= 0.6 is 28.3 Å². The molecule has 0 aromatic heterocycles. The Morgan fingerprint density at radius 1 is 1.38 bits per heavy atom. The lowest BCUT2D eigenvalue weighted by Gasteiger charge is -2.23. The number of ether oxygens (including phenoxy) is 1. The number of carbonyl (C=O) groups excluding carboxylic acids is 1. The zero-order valence-corrected chi connectivity index (χ0v) is 14.5. The monoisotopic (exact) mass is 376 g/mol. The van der Waals surface area contributed by atoms with E-state index in [1.54, 1.807) is 4.90 Å². The summed E-state index contributed by atoms with van der Waals surface area (Å²) >= 11 is 3.38. The van der Waals surface area contributed by atoms with Crippen molar-refractivity contribution in [3.8, 4) is 5.75 Å². The number of hydrogen-bond donors (Lipinski definition) is 1. The number of hydrogen-bond acceptors (Lipinski definition) is 3. The van der Waals surface area contributed by atoms with Crippen molar-refractivity contribution in [3.63, 3.8) is 0 Å². The Morgan fingerprint density at radius 2 is 2.05 bits per heavy atom. The van der Waals surface area contributed by atoms with Crippen molar-refractivity contribution in [1.82, 2.24) is 4.90 Å². The van der Waals surface area contributed by atoms with E-state index < -0.39 is 0 Å². The molecule has 1 aliphatic rings. The van der Waals surface area contributed by atoms with Crippen LogP contribution in [-0.2, 0) is 4.79 Å². The number of rotatable bonds is 5. The predicted octanol–water partition coefficient (Wildman–Crippen LogP) is 2.84. The van der Waals surface area contributed by atoms with E-state index in [9.17, 15) is 4.79 Å². The molecule has 2 atom stereocenters. The summed E-state index contributed by atoms with van der Waals surface area (Å²) < 4.78 is 6.65. The van der Waals surface area contributed by atoms with Crippen molar-refractivity contribution >= 4 is 34.2 Å². The molecule has 1 saturated carbocycles. The maximum atomic E-state index is 12.2. The molecule has 2 N–H and O–H groups in total. The standard InChI is InChI=1S/C15H21BrN2O2.ClH/c1-18(15(19)13-3-2-4-14(13)17)9-10-20-12-7-5-11(16)6-8-12;/h5-8,13-14H,2-4,9-10,17H2,1H3;1H. The molecule has 21 heavy (non-hydrogen) atoms. The summed E-state index contributed by atoms with van der Waals surface area (Å²) in [6, 6.07) is 7.69. The number of nitrogens with two attached hydrogens (primary N) is 1. The van der Waals surface area contributed by atoms with Gasteiger partial charge in [-0.25, -0.2) is 0 Å². The number of halogens is 2. The summed E-state index contributed by atoms with van der Waals surface area (Å²) in [6.07, 6.45) is 2.93. The fraction of sp³-hybridized carbons (Fsp3) is 0.533. The minimum absolute atomic E-state index is 0. The largest absolute Gasteiger partial charge is 0.492 e. The molecule has 1 aromatic carbocycles. The quantitative estimate of drug-likeness (QED) is 0.858. The highest BCUT2D eigenvalue weighted by molar-refractivity contribution is 9.10. The predicted molar refractivity (Wildman–Crippen MR) is 89.8 cm³/mol. The van der Waals surface area contributed by atoms with Crippen molar-refractivity contribution in [1.29, 1.82) is 0 Å². The first kappa shape index (κ1) is 18.3. The van der Waals surface area contributed by atoms with Crippen LogP contribution < -0.4 is 10.5 Å². The molecule has 2 unspecified atom stereocenters. The zero-order valence-electron chi connectivity index (χ0n) is 12.1. The number of benzene rings is 1. The van der Waals surface area contributed by atoms with Gasteiger partial charge in [0.05, 0.1) is 12.5 Å². The number of likely N-dealkylation sites (N-methyl/N-ethyl adjacent to an activating group) is 1. The van der Waals surface area contributed by atoms with E-state index in [4.69, 9.17) is 10.5 Å². The third-order valence-corrected chi connectivity index (χ3v) is 4.30. The molecule has 1 amide bonds. The van der Waals surface area contributed by atoms with Gasteiger partial charge in [-0.1, -0.05) is 22.4 Å². The third-order valence-electron chi connectivity index (χ3n) is 3.77. The van der Waals surface area contributed by atoms with Gasteiger partial charge in [0.2, 0.25) is 5.91 Å². The van der Waals surface area contributed by atoms with Crippen LogP contribution in [0.3, 0.4) is 0 Å². The number of carbonyl (C=O) groups is 1. The second-order valence-corrected chi connectivity index (χ2v) is 6.18. The molecule has 1 fully saturated rings. The molecular weight excluding hydrogens is 356 g/mol. The van der Waals surface area contributed by atoms with Crippen LogP contribution in [0.5, 0.6) is 5.75 Å². The molecule has 4 nitrogen and oxygen atoms in total. The third kappa shape index (κ3) is 5.16. The molecular formula is C15H22BrClN2O2. The van der Waals surface area contributed by atoms with E-state index in [1.165, 1.54) is 0 Å². The Bertz CT molecular complexity index is 455. The second-order valence-electron chi connectivity index (χ2n) is 5.26. The first-order valence-corrected chi connectivity index (χ1v) is 7.76. The van der Waals surface area contributed by atoms with Crippen molar-refractivity contribution in [2.24, 2.45) is 11.7 Å². The Kier molecular flexibility index (Phi) is 7.49. The Hall–Kier alpha value is -0.780. The SMILES string of the molecule is CN(CCOc1ccc(Br)cc1)C(=O)C1CCCC1N.Cl. The maximum absolute atomic E-state index is 12.2. The summed E-state index contributed by atoms with van der Waals surface area (Å²) in [4.78, 5) is 14.0. The molecule has 1 aromatic rings. The van der Waals surface area contributed by atoms with Gasteiger partial charge in [0.1, 0.15) is 12.4 Å². The van der Waals surface area contributed by atoms with Crippen LogP contribution in [0.2, 0.25) is 0 Å². The van der Waals surface area contributed by atoms with Gasteiger partial charge in [-0.3, -0.25) is 4.79 Å². The minimum atomic E-state index is -0.00678. The normalized spacial score (nSPS) is 20.7. The first-order chi connectivity index (χ1) is 9.58. The van der Waals surface area contributed by atoms with E-state index >= 15 is 0 Å². The lowest BCUT2D eigenvalue weighted by Crippen LogP contribution is -2.41. The lowest BCUT2D eigenvalue weighted by atomic mass is 10.0. The average molecular weight is 378 g/mol. The zero-order chi connectivity index (χ0) is 14.5. The van der Waals surface area contributed by atoms with Gasteiger partial charge in [-0.15, -0.1) is 12.4 Å². The molecule has 6 heteroatoms. The van der Waals surface area contributed by atoms with E-state index in [2.05, 4.69) is 15.9 Å². The van der Waals surface area contributed by atoms with Gasteiger partial charge in [0, 0.05) is 17.6 Å². The average Bonchev–Trinajstić information content (AvgIpc) is 2.86. The Labute approximate surface area is 140 Å². The van der Waals surface area contributed by atoms with Crippen molar-refractivity contribution in [3.05, 3.63) is 28.7 Å². The lowest BCUT2D eigenvalue weighted by molar-refractivity contribution is -0.134. The van der Waals surface area contributed by atoms with Gasteiger partial charge >= 0.3 is 0 Å². The molecule has 0 radical (unpaired) electrons. The van der Waals surface area contributed by atoms with Crippen LogP contribution in [-0.4, -0.2) is 37.0 Å². The summed E-state index contributed by atoms with van der Waals surface area (Å²) in [5, 5.41) is 0. The maximum Gasteiger partial charge on any atom is 0.227 e. The minimum Gasteiger partial charge on any atom is -0.492 e. The molecule has 0 bridgehead atoms. The summed E-state index contributed by atoms with van der Waals surface area (Å²) in [6.45, 7) is 1.07. The fourth-order valence-corrected chi connectivity index (χ4v) is 2.78. The topological polar surface area (TPSA) is 55.6 Å². The summed E-state index contributed by atoms with van der Waals surface area (Å²) in [5.41, 5.74) is 5.97. The Morgan fingerprint density at radius 3 is 2.62 bits per heavy atom. The molecule has 0 saturated heterocycles. The molecule has 2 rings (SSSR count). The number of nitrogens with zero attached hydrogens (tertiary/aromatic N) is 1. The van der Waals surface area contributed by atoms with Gasteiger partial charge in [-0.05, 0) is 37.1 Å². The highest BCUT2D eigenvalue weighted by Gasteiger charge is 2.31. The summed E-state index contributed by atoms with van der Waals surface area (Å²) in [7, 11) is 1.82. The van der Waals surface area contributed by atoms with E-state index in [1.807, 2.05) is 31.3 Å². The number of amides is 1. The molecule has 118 valence electrons. The van der Waals surface area contributed by atoms with E-state index in [-0.39, 0.29) is 30.3 Å². The molecule has 0 spiro atoms. The van der Waals surface area contributed by atoms with Crippen LogP contribution in [0, 0.1) is 5.92 Å². The fourth-order valence-electron chi connectivity index (χ4n) is 2.52. The van der Waals surface area contributed by atoms with Crippen molar-refractivity contribution in [2.75, 3.05) is 20.2 Å². The summed E-state index contributed by atoms with van der Waals surface area (Å²) in [5.74, 6) is 0.953. The highest BCUT2D eigenvalue weighted by Crippen LogP contribution is 2.25. The van der Waals surface area contributed by atoms with Crippen molar-refractivity contribution < 1.29 is 9.53 Å². The smallest absolute Gasteiger partial charge is 0.227 e. The second kappa shape index (κ2) is 8.61. The van der Waals surface area contributed by atoms with Gasteiger partial charge in [0.15, 0.2) is 0 Å². The van der Waals surface area contributed by atoms with E-state index in [0.29, 0.717) is 13.2 Å². The van der Waals surface area contributed by atoms with Crippen LogP contribution in [0.25, 0.3) is 0 Å². The van der Waals surface area contributed by atoms with Crippen LogP contribution in [0.15, 0.2) is 28.7 Å². The molecule has 1 aliphatic carbocycles. The van der Waals surface area contributed by atoms with Gasteiger partial charge in [0.25, 0.3) is 0 Å². The first-order valence-electron chi connectivity index (χ1n) is 6.97.